The van der Waals surface area contributed by atoms with Crippen LogP contribution in [0.5, 0.6) is 0 Å². The van der Waals surface area contributed by atoms with Crippen molar-refractivity contribution in [2.24, 2.45) is 5.73 Å². The highest BCUT2D eigenvalue weighted by Crippen LogP contribution is 2.19. The van der Waals surface area contributed by atoms with Crippen LogP contribution < -0.4 is 5.73 Å². The highest BCUT2D eigenvalue weighted by atomic mass is 19.1. The molecule has 0 aliphatic rings. The normalized spacial score (nSPS) is 13.2. The molecule has 0 amide bonds. The summed E-state index contributed by atoms with van der Waals surface area (Å²) in [6, 6.07) is 4.70. The zero-order valence-corrected chi connectivity index (χ0v) is 9.63. The summed E-state index contributed by atoms with van der Waals surface area (Å²) < 4.78 is 13.0. The highest BCUT2D eigenvalue weighted by Gasteiger charge is 2.10. The van der Waals surface area contributed by atoms with Crippen LogP contribution in [0.4, 0.5) is 4.39 Å². The van der Waals surface area contributed by atoms with Gasteiger partial charge in [0.2, 0.25) is 0 Å². The second-order valence-corrected chi connectivity index (χ2v) is 4.20. The van der Waals surface area contributed by atoms with Crippen LogP contribution in [0.1, 0.15) is 23.6 Å². The van der Waals surface area contributed by atoms with Gasteiger partial charge in [0.1, 0.15) is 5.82 Å². The average molecular weight is 210 g/mol. The Hall–Kier alpha value is -0.930. The average Bonchev–Trinajstić information content (AvgIpc) is 2.18. The Bertz CT molecular complexity index is 323. The summed E-state index contributed by atoms with van der Waals surface area (Å²) in [6.07, 6.45) is 0.845. The van der Waals surface area contributed by atoms with Gasteiger partial charge in [-0.05, 0) is 57.2 Å². The van der Waals surface area contributed by atoms with E-state index in [1.807, 2.05) is 21.0 Å². The molecule has 0 radical (unpaired) electrons. The molecule has 1 aromatic carbocycles. The maximum absolute atomic E-state index is 13.0. The molecule has 2 nitrogen and oxygen atoms in total. The van der Waals surface area contributed by atoms with Gasteiger partial charge in [-0.15, -0.1) is 0 Å². The molecule has 0 spiro atoms. The second-order valence-electron chi connectivity index (χ2n) is 4.20. The van der Waals surface area contributed by atoms with E-state index in [0.717, 1.165) is 24.1 Å². The summed E-state index contributed by atoms with van der Waals surface area (Å²) in [5.74, 6) is -0.212. The van der Waals surface area contributed by atoms with Gasteiger partial charge >= 0.3 is 0 Å². The summed E-state index contributed by atoms with van der Waals surface area (Å²) in [6.45, 7) is 2.88. The first-order valence-electron chi connectivity index (χ1n) is 5.17. The lowest BCUT2D eigenvalue weighted by molar-refractivity contribution is 0.382. The maximum atomic E-state index is 13.0. The predicted molar refractivity (Wildman–Crippen MR) is 61.2 cm³/mol. The number of nitrogens with zero attached hydrogens (tertiary/aromatic N) is 1. The molecule has 0 aliphatic carbocycles. The SMILES string of the molecule is Cc1ccc(F)cc1C(N)CCN(C)C. The number of halogens is 1. The Morgan fingerprint density at radius 3 is 2.67 bits per heavy atom. The van der Waals surface area contributed by atoms with Crippen molar-refractivity contribution in [2.45, 2.75) is 19.4 Å². The van der Waals surface area contributed by atoms with Crippen molar-refractivity contribution in [1.29, 1.82) is 0 Å². The van der Waals surface area contributed by atoms with E-state index in [-0.39, 0.29) is 11.9 Å². The summed E-state index contributed by atoms with van der Waals surface area (Å²) in [5, 5.41) is 0. The molecule has 0 saturated carbocycles. The predicted octanol–water partition coefficient (Wildman–Crippen LogP) is 2.09. The molecule has 3 heteroatoms. The lowest BCUT2D eigenvalue weighted by Crippen LogP contribution is -2.20. The minimum Gasteiger partial charge on any atom is -0.324 e. The fourth-order valence-electron chi connectivity index (χ4n) is 1.56. The van der Waals surface area contributed by atoms with Crippen LogP contribution in [0, 0.1) is 12.7 Å². The standard InChI is InChI=1S/C12H19FN2/c1-9-4-5-10(13)8-11(9)12(14)6-7-15(2)3/h4-5,8,12H,6-7,14H2,1-3H3. The molecule has 0 bridgehead atoms. The minimum absolute atomic E-state index is 0.0805. The number of benzene rings is 1. The van der Waals surface area contributed by atoms with Crippen LogP contribution in [-0.4, -0.2) is 25.5 Å². The van der Waals surface area contributed by atoms with Crippen LogP contribution in [0.25, 0.3) is 0 Å². The molecule has 0 heterocycles. The molecule has 1 unspecified atom stereocenters. The smallest absolute Gasteiger partial charge is 0.123 e. The van der Waals surface area contributed by atoms with Crippen molar-refractivity contribution in [3.8, 4) is 0 Å². The van der Waals surface area contributed by atoms with E-state index in [2.05, 4.69) is 4.90 Å². The lowest BCUT2D eigenvalue weighted by atomic mass is 9.99. The topological polar surface area (TPSA) is 29.3 Å². The molecule has 0 aromatic heterocycles. The maximum Gasteiger partial charge on any atom is 0.123 e. The fourth-order valence-corrected chi connectivity index (χ4v) is 1.56. The first-order valence-corrected chi connectivity index (χ1v) is 5.17. The van der Waals surface area contributed by atoms with Crippen molar-refractivity contribution in [2.75, 3.05) is 20.6 Å². The zero-order valence-electron chi connectivity index (χ0n) is 9.63. The Morgan fingerprint density at radius 1 is 1.40 bits per heavy atom. The van der Waals surface area contributed by atoms with Gasteiger partial charge < -0.3 is 10.6 Å². The van der Waals surface area contributed by atoms with Crippen LogP contribution in [0.15, 0.2) is 18.2 Å². The molecule has 84 valence electrons. The van der Waals surface area contributed by atoms with Gasteiger partial charge in [0, 0.05) is 6.04 Å². The van der Waals surface area contributed by atoms with E-state index in [1.54, 1.807) is 6.07 Å². The summed E-state index contributed by atoms with van der Waals surface area (Å²) in [5.41, 5.74) is 7.99. The third kappa shape index (κ3) is 3.61. The van der Waals surface area contributed by atoms with Crippen molar-refractivity contribution < 1.29 is 4.39 Å². The zero-order chi connectivity index (χ0) is 11.4. The van der Waals surface area contributed by atoms with Gasteiger partial charge in [-0.3, -0.25) is 0 Å². The van der Waals surface area contributed by atoms with Gasteiger partial charge in [0.15, 0.2) is 0 Å². The Morgan fingerprint density at radius 2 is 2.07 bits per heavy atom. The van der Waals surface area contributed by atoms with Gasteiger partial charge in [0.05, 0.1) is 0 Å². The molecular formula is C12H19FN2. The molecule has 0 saturated heterocycles. The summed E-state index contributed by atoms with van der Waals surface area (Å²) in [4.78, 5) is 2.08. The highest BCUT2D eigenvalue weighted by molar-refractivity contribution is 5.29. The van der Waals surface area contributed by atoms with Crippen LogP contribution in [-0.2, 0) is 0 Å². The third-order valence-corrected chi connectivity index (χ3v) is 2.53. The Labute approximate surface area is 90.9 Å². The number of hydrogen-bond acceptors (Lipinski definition) is 2. The van der Waals surface area contributed by atoms with Gasteiger partial charge in [-0.1, -0.05) is 6.07 Å². The first-order chi connectivity index (χ1) is 7.00. The van der Waals surface area contributed by atoms with E-state index in [1.165, 1.54) is 12.1 Å². The summed E-state index contributed by atoms with van der Waals surface area (Å²) >= 11 is 0. The number of rotatable bonds is 4. The van der Waals surface area contributed by atoms with Gasteiger partial charge in [0.25, 0.3) is 0 Å². The molecule has 1 rings (SSSR count). The number of aryl methyl sites for hydroxylation is 1. The monoisotopic (exact) mass is 210 g/mol. The number of hydrogen-bond donors (Lipinski definition) is 1. The van der Waals surface area contributed by atoms with Crippen LogP contribution >= 0.6 is 0 Å². The molecule has 0 fully saturated rings. The molecule has 1 aromatic rings. The second kappa shape index (κ2) is 5.24. The summed E-state index contributed by atoms with van der Waals surface area (Å²) in [7, 11) is 4.01. The Balaban J connectivity index is 2.72. The van der Waals surface area contributed by atoms with E-state index < -0.39 is 0 Å². The number of nitrogens with two attached hydrogens (primary N) is 1. The molecule has 1 atom stereocenters. The van der Waals surface area contributed by atoms with Gasteiger partial charge in [-0.25, -0.2) is 4.39 Å². The van der Waals surface area contributed by atoms with Crippen LogP contribution in [0.3, 0.4) is 0 Å². The van der Waals surface area contributed by atoms with Crippen molar-refractivity contribution >= 4 is 0 Å². The van der Waals surface area contributed by atoms with Crippen LogP contribution in [0.2, 0.25) is 0 Å². The molecule has 2 N–H and O–H groups in total. The van der Waals surface area contributed by atoms with E-state index in [9.17, 15) is 4.39 Å². The first kappa shape index (κ1) is 12.1. The lowest BCUT2D eigenvalue weighted by Gasteiger charge is -2.17. The quantitative estimate of drug-likeness (QED) is 0.824. The van der Waals surface area contributed by atoms with E-state index >= 15 is 0 Å². The molecule has 0 aliphatic heterocycles. The van der Waals surface area contributed by atoms with Crippen molar-refractivity contribution in [3.63, 3.8) is 0 Å². The molecular weight excluding hydrogens is 191 g/mol. The fraction of sp³-hybridized carbons (Fsp3) is 0.500. The van der Waals surface area contributed by atoms with E-state index in [4.69, 9.17) is 5.73 Å². The Kier molecular flexibility index (Phi) is 4.24. The van der Waals surface area contributed by atoms with Crippen molar-refractivity contribution in [3.05, 3.63) is 35.1 Å². The van der Waals surface area contributed by atoms with Crippen molar-refractivity contribution in [1.82, 2.24) is 4.90 Å². The third-order valence-electron chi connectivity index (χ3n) is 2.53. The molecule has 15 heavy (non-hydrogen) atoms. The minimum atomic E-state index is -0.212. The van der Waals surface area contributed by atoms with E-state index in [0.29, 0.717) is 0 Å². The largest absolute Gasteiger partial charge is 0.324 e. The van der Waals surface area contributed by atoms with Gasteiger partial charge in [-0.2, -0.15) is 0 Å².